The summed E-state index contributed by atoms with van der Waals surface area (Å²) in [4.78, 5) is 70.5. The van der Waals surface area contributed by atoms with E-state index in [1.807, 2.05) is 15.9 Å². The lowest BCUT2D eigenvalue weighted by molar-refractivity contribution is -0.136. The molecular weight excluding hydrogens is 781 g/mol. The molecule has 59 heavy (non-hydrogen) atoms. The topological polar surface area (TPSA) is 203 Å². The molecule has 15 nitrogen and oxygen atoms in total. The average molecular weight is 826 g/mol. The van der Waals surface area contributed by atoms with Gasteiger partial charge in [0.15, 0.2) is 0 Å². The van der Waals surface area contributed by atoms with Crippen LogP contribution in [0.3, 0.4) is 0 Å². The smallest absolute Gasteiger partial charge is 0.269 e. The van der Waals surface area contributed by atoms with Crippen LogP contribution < -0.4 is 20.3 Å². The Morgan fingerprint density at radius 1 is 0.966 bits per heavy atom. The van der Waals surface area contributed by atoms with Gasteiger partial charge in [-0.1, -0.05) is 11.6 Å². The summed E-state index contributed by atoms with van der Waals surface area (Å²) in [7, 11) is 0. The van der Waals surface area contributed by atoms with Crippen LogP contribution in [0.15, 0.2) is 42.5 Å². The van der Waals surface area contributed by atoms with E-state index in [2.05, 4.69) is 15.5 Å². The Bertz CT molecular complexity index is 2180. The van der Waals surface area contributed by atoms with Crippen molar-refractivity contribution in [3.8, 4) is 11.8 Å². The first-order chi connectivity index (χ1) is 28.4. The molecule has 3 atom stereocenters. The van der Waals surface area contributed by atoms with Crippen molar-refractivity contribution < 1.29 is 33.1 Å². The van der Waals surface area contributed by atoms with Gasteiger partial charge in [0.25, 0.3) is 17.7 Å². The standard InChI is InChI=1S/C42H45ClFN9O6/c43-32-16-29(4-1-24(32)19-45)59-28-5-2-25(3-6-28)48-39(55)34(46)7-9-37(47)50-13-11-23(12-14-50)20-52-26-15-27(52)22-51(21-26)36-18-31-30(17-33(36)44)41(57)53(42(31)58)35-8-10-38(54)49-40(35)56/h1,4,7,9,16-18,23,25-28,35,46-47H,2-3,5-6,8,10-15,20-22H2,(H,48,55)(H,49,54,56)/b9-7-,46-34?,47-37?. The highest BCUT2D eigenvalue weighted by molar-refractivity contribution is 6.42. The second-order valence-electron chi connectivity index (χ2n) is 16.3. The zero-order chi connectivity index (χ0) is 41.5. The van der Waals surface area contributed by atoms with E-state index in [1.54, 1.807) is 18.2 Å². The van der Waals surface area contributed by atoms with E-state index in [0.29, 0.717) is 61.3 Å². The lowest BCUT2D eigenvalue weighted by atomic mass is 9.84. The Morgan fingerprint density at radius 2 is 1.66 bits per heavy atom. The van der Waals surface area contributed by atoms with Crippen LogP contribution in [-0.4, -0.2) is 119 Å². The number of piperidine rings is 3. The Hall–Kier alpha value is -5.66. The highest BCUT2D eigenvalue weighted by Gasteiger charge is 2.48. The maximum Gasteiger partial charge on any atom is 0.269 e. The fourth-order valence-electron chi connectivity index (χ4n) is 9.34. The quantitative estimate of drug-likeness (QED) is 0.155. The maximum absolute atomic E-state index is 15.5. The molecule has 0 aromatic heterocycles. The fraction of sp³-hybridized carbons (Fsp3) is 0.476. The normalized spacial score (nSPS) is 26.0. The largest absolute Gasteiger partial charge is 0.490 e. The monoisotopic (exact) mass is 825 g/mol. The number of nitrogens with zero attached hydrogens (tertiary/aromatic N) is 5. The van der Waals surface area contributed by atoms with E-state index >= 15 is 4.39 Å². The number of imide groups is 2. The van der Waals surface area contributed by atoms with Gasteiger partial charge in [-0.05, 0) is 93.7 Å². The Balaban J connectivity index is 0.760. The van der Waals surface area contributed by atoms with Crippen molar-refractivity contribution in [1.82, 2.24) is 25.3 Å². The molecule has 7 aliphatic rings. The summed E-state index contributed by atoms with van der Waals surface area (Å²) in [6.07, 6.45) is 8.51. The number of amides is 5. The van der Waals surface area contributed by atoms with Gasteiger partial charge in [0.2, 0.25) is 11.8 Å². The number of piperazine rings is 1. The highest BCUT2D eigenvalue weighted by atomic mass is 35.5. The average Bonchev–Trinajstić information content (AvgIpc) is 3.46. The second kappa shape index (κ2) is 16.5. The number of likely N-dealkylation sites (tertiary alicyclic amines) is 1. The second-order valence-corrected chi connectivity index (χ2v) is 16.7. The van der Waals surface area contributed by atoms with Gasteiger partial charge in [0, 0.05) is 63.3 Å². The highest BCUT2D eigenvalue weighted by Crippen LogP contribution is 2.39. The van der Waals surface area contributed by atoms with Crippen LogP contribution in [0.5, 0.6) is 5.75 Å². The van der Waals surface area contributed by atoms with Crippen LogP contribution in [0.1, 0.15) is 84.1 Å². The molecule has 6 aliphatic heterocycles. The summed E-state index contributed by atoms with van der Waals surface area (Å²) in [5.41, 5.74) is 0.431. The number of hydrogen-bond acceptors (Lipinski definition) is 11. The third-order valence-corrected chi connectivity index (χ3v) is 13.0. The Labute approximate surface area is 345 Å². The number of benzene rings is 2. The molecule has 4 N–H and O–H groups in total. The molecule has 5 saturated heterocycles. The minimum atomic E-state index is -1.11. The Kier molecular flexibility index (Phi) is 11.2. The van der Waals surface area contributed by atoms with Gasteiger partial charge in [0.05, 0.1) is 33.5 Å². The number of rotatable bonds is 10. The van der Waals surface area contributed by atoms with Crippen molar-refractivity contribution in [2.24, 2.45) is 5.92 Å². The van der Waals surface area contributed by atoms with E-state index in [1.165, 1.54) is 18.2 Å². The lowest BCUT2D eigenvalue weighted by Gasteiger charge is -2.58. The molecule has 308 valence electrons. The number of anilines is 1. The number of nitrogens with one attached hydrogen (secondary N) is 4. The van der Waals surface area contributed by atoms with E-state index in [9.17, 15) is 24.0 Å². The van der Waals surface area contributed by atoms with E-state index < -0.39 is 41.4 Å². The van der Waals surface area contributed by atoms with Crippen LogP contribution in [0, 0.1) is 33.9 Å². The van der Waals surface area contributed by atoms with Crippen molar-refractivity contribution in [2.45, 2.75) is 88.1 Å². The minimum absolute atomic E-state index is 0.00654. The molecule has 6 fully saturated rings. The van der Waals surface area contributed by atoms with Crippen LogP contribution in [0.2, 0.25) is 5.02 Å². The summed E-state index contributed by atoms with van der Waals surface area (Å²) < 4.78 is 21.6. The molecule has 2 aromatic rings. The zero-order valence-corrected chi connectivity index (χ0v) is 33.1. The van der Waals surface area contributed by atoms with Gasteiger partial charge < -0.3 is 19.9 Å². The Morgan fingerprint density at radius 3 is 2.32 bits per heavy atom. The summed E-state index contributed by atoms with van der Waals surface area (Å²) in [5, 5.41) is 31.4. The number of halogens is 2. The number of hydrogen-bond donors (Lipinski definition) is 4. The van der Waals surface area contributed by atoms with Crippen LogP contribution in [-0.2, 0) is 14.4 Å². The molecule has 6 heterocycles. The van der Waals surface area contributed by atoms with Gasteiger partial charge in [0.1, 0.15) is 35.2 Å². The summed E-state index contributed by atoms with van der Waals surface area (Å²) in [6.45, 7) is 3.41. The first-order valence-corrected chi connectivity index (χ1v) is 20.6. The molecule has 0 spiro atoms. The van der Waals surface area contributed by atoms with Gasteiger partial charge in [-0.15, -0.1) is 0 Å². The fourth-order valence-corrected chi connectivity index (χ4v) is 9.55. The lowest BCUT2D eigenvalue weighted by Crippen LogP contribution is -2.69. The van der Waals surface area contributed by atoms with Gasteiger partial charge in [-0.2, -0.15) is 5.26 Å². The molecule has 17 heteroatoms. The first kappa shape index (κ1) is 40.1. The summed E-state index contributed by atoms with van der Waals surface area (Å²) in [6, 6.07) is 8.78. The molecule has 1 aliphatic carbocycles. The maximum atomic E-state index is 15.5. The number of carbonyl (C=O) groups excluding carboxylic acids is 5. The van der Waals surface area contributed by atoms with Crippen LogP contribution in [0.25, 0.3) is 0 Å². The molecule has 2 aromatic carbocycles. The van der Waals surface area contributed by atoms with Crippen molar-refractivity contribution >= 4 is 58.4 Å². The third-order valence-electron chi connectivity index (χ3n) is 12.6. The molecule has 0 radical (unpaired) electrons. The number of ether oxygens (including phenoxy) is 1. The van der Waals surface area contributed by atoms with Crippen molar-refractivity contribution in [2.75, 3.05) is 37.6 Å². The zero-order valence-electron chi connectivity index (χ0n) is 32.3. The molecule has 9 rings (SSSR count). The van der Waals surface area contributed by atoms with Gasteiger partial charge in [-0.25, -0.2) is 4.39 Å². The first-order valence-electron chi connectivity index (χ1n) is 20.2. The predicted molar refractivity (Wildman–Crippen MR) is 214 cm³/mol. The summed E-state index contributed by atoms with van der Waals surface area (Å²) >= 11 is 6.12. The summed E-state index contributed by atoms with van der Waals surface area (Å²) in [5.74, 6) is -2.35. The van der Waals surface area contributed by atoms with Crippen molar-refractivity contribution in [1.29, 1.82) is 16.1 Å². The molecule has 2 bridgehead atoms. The van der Waals surface area contributed by atoms with E-state index in [4.69, 9.17) is 32.4 Å². The van der Waals surface area contributed by atoms with E-state index in [0.717, 1.165) is 49.6 Å². The van der Waals surface area contributed by atoms with Gasteiger partial charge >= 0.3 is 0 Å². The SMILES string of the molecule is N#Cc1ccc(OC2CCC(NC(=O)C(=N)/C=C\C(=N)N3CCC(CN4C5CC4CN(c4cc6c(cc4F)C(=O)N(C4CCC(=O)NC4=O)C6=O)C5)CC3)CC2)cc1Cl. The van der Waals surface area contributed by atoms with Crippen molar-refractivity contribution in [3.63, 3.8) is 0 Å². The molecule has 3 unspecified atom stereocenters. The molecule has 1 saturated carbocycles. The number of fused-ring (bicyclic) bond motifs is 3. The van der Waals surface area contributed by atoms with Crippen LogP contribution in [0.4, 0.5) is 10.1 Å². The minimum Gasteiger partial charge on any atom is -0.490 e. The van der Waals surface area contributed by atoms with E-state index in [-0.39, 0.29) is 65.4 Å². The third kappa shape index (κ3) is 8.18. The predicted octanol–water partition coefficient (Wildman–Crippen LogP) is 3.79. The number of nitriles is 1. The van der Waals surface area contributed by atoms with Crippen molar-refractivity contribution in [3.05, 3.63) is 70.0 Å². The van der Waals surface area contributed by atoms with Crippen LogP contribution >= 0.6 is 11.6 Å². The number of carbonyl (C=O) groups is 5. The molecular formula is C42H45ClFN9O6. The number of amidine groups is 1. The van der Waals surface area contributed by atoms with Gasteiger partial charge in [-0.3, -0.25) is 49.9 Å². The molecule has 5 amide bonds.